The molecule has 2 fully saturated rings. The first-order valence-corrected chi connectivity index (χ1v) is 7.09. The summed E-state index contributed by atoms with van der Waals surface area (Å²) in [6, 6.07) is 0. The Morgan fingerprint density at radius 2 is 2.19 bits per heavy atom. The molecule has 0 bridgehead atoms. The third-order valence-corrected chi connectivity index (χ3v) is 4.29. The molecule has 1 atom stereocenters. The van der Waals surface area contributed by atoms with Crippen LogP contribution in [0.5, 0.6) is 0 Å². The zero-order chi connectivity index (χ0) is 11.5. The van der Waals surface area contributed by atoms with Gasteiger partial charge in [0.05, 0.1) is 0 Å². The molecule has 2 aliphatic rings. The Hall–Kier alpha value is -0.0900. The average molecular weight is 290 g/mol. The van der Waals surface area contributed by atoms with Crippen LogP contribution in [-0.4, -0.2) is 41.9 Å². The first-order chi connectivity index (χ1) is 7.66. The van der Waals surface area contributed by atoms with Crippen molar-refractivity contribution >= 4 is 21.8 Å². The Labute approximate surface area is 106 Å². The Balaban J connectivity index is 1.74. The number of likely N-dealkylation sites (N-methyl/N-ethyl adjacent to an activating group) is 1. The fraction of sp³-hybridized carbons (Fsp3) is 0.917. The molecule has 0 spiro atoms. The summed E-state index contributed by atoms with van der Waals surface area (Å²) in [5.74, 6) is 0.861. The minimum absolute atomic E-state index is 0.168. The lowest BCUT2D eigenvalue weighted by Gasteiger charge is -2.35. The highest BCUT2D eigenvalue weighted by Crippen LogP contribution is 2.33. The number of amides is 1. The van der Waals surface area contributed by atoms with Crippen molar-refractivity contribution in [3.05, 3.63) is 0 Å². The molecule has 16 heavy (non-hydrogen) atoms. The zero-order valence-electron chi connectivity index (χ0n) is 9.82. The second-order valence-corrected chi connectivity index (χ2v) is 6.30. The largest absolute Gasteiger partial charge is 0.368 e. The van der Waals surface area contributed by atoms with Gasteiger partial charge in [0.15, 0.2) is 0 Å². The topological polar surface area (TPSA) is 29.5 Å². The molecule has 0 N–H and O–H groups in total. The van der Waals surface area contributed by atoms with Crippen LogP contribution in [0.2, 0.25) is 0 Å². The summed E-state index contributed by atoms with van der Waals surface area (Å²) < 4.78 is 5.51. The molecular formula is C12H20BrNO2. The predicted octanol–water partition coefficient (Wildman–Crippen LogP) is 2.19. The Morgan fingerprint density at radius 3 is 2.75 bits per heavy atom. The molecule has 1 heterocycles. The second kappa shape index (κ2) is 5.50. The van der Waals surface area contributed by atoms with E-state index in [-0.39, 0.29) is 12.0 Å². The SMILES string of the molecule is CN(CC1CC(Br)C1)C(=O)C1CCCCO1. The standard InChI is InChI=1S/C12H20BrNO2/c1-14(8-9-6-10(13)7-9)12(15)11-4-2-3-5-16-11/h9-11H,2-8H2,1H3. The Kier molecular flexibility index (Phi) is 4.25. The highest BCUT2D eigenvalue weighted by atomic mass is 79.9. The lowest BCUT2D eigenvalue weighted by Crippen LogP contribution is -2.44. The molecule has 1 aliphatic carbocycles. The van der Waals surface area contributed by atoms with Gasteiger partial charge in [-0.3, -0.25) is 4.79 Å². The molecule has 0 aromatic carbocycles. The summed E-state index contributed by atoms with van der Waals surface area (Å²) in [7, 11) is 1.90. The zero-order valence-corrected chi connectivity index (χ0v) is 11.4. The van der Waals surface area contributed by atoms with Gasteiger partial charge in [-0.1, -0.05) is 15.9 Å². The molecule has 92 valence electrons. The van der Waals surface area contributed by atoms with E-state index in [1.807, 2.05) is 11.9 Å². The molecule has 4 heteroatoms. The van der Waals surface area contributed by atoms with Crippen molar-refractivity contribution in [1.29, 1.82) is 0 Å². The molecule has 3 nitrogen and oxygen atoms in total. The van der Waals surface area contributed by atoms with Gasteiger partial charge in [-0.25, -0.2) is 0 Å². The van der Waals surface area contributed by atoms with Crippen molar-refractivity contribution in [3.63, 3.8) is 0 Å². The van der Waals surface area contributed by atoms with Crippen LogP contribution in [0, 0.1) is 5.92 Å². The molecular weight excluding hydrogens is 270 g/mol. The van der Waals surface area contributed by atoms with Crippen molar-refractivity contribution < 1.29 is 9.53 Å². The van der Waals surface area contributed by atoms with E-state index < -0.39 is 0 Å². The minimum Gasteiger partial charge on any atom is -0.368 e. The van der Waals surface area contributed by atoms with E-state index in [0.29, 0.717) is 10.7 Å². The fourth-order valence-electron chi connectivity index (χ4n) is 2.46. The number of rotatable bonds is 3. The van der Waals surface area contributed by atoms with Crippen LogP contribution in [0.4, 0.5) is 0 Å². The number of ether oxygens (including phenoxy) is 1. The number of halogens is 1. The molecule has 2 rings (SSSR count). The third-order valence-electron chi connectivity index (χ3n) is 3.54. The summed E-state index contributed by atoms with van der Waals surface area (Å²) in [6.07, 6.45) is 5.35. The van der Waals surface area contributed by atoms with Crippen LogP contribution in [-0.2, 0) is 9.53 Å². The monoisotopic (exact) mass is 289 g/mol. The van der Waals surface area contributed by atoms with Gasteiger partial charge in [-0.2, -0.15) is 0 Å². The lowest BCUT2D eigenvalue weighted by atomic mass is 9.85. The van der Waals surface area contributed by atoms with Gasteiger partial charge in [0, 0.05) is 25.0 Å². The van der Waals surface area contributed by atoms with E-state index in [1.165, 1.54) is 12.8 Å². The van der Waals surface area contributed by atoms with E-state index in [4.69, 9.17) is 4.74 Å². The summed E-state index contributed by atoms with van der Waals surface area (Å²) in [5, 5.41) is 0. The molecule has 1 unspecified atom stereocenters. The number of carbonyl (C=O) groups excluding carboxylic acids is 1. The highest BCUT2D eigenvalue weighted by Gasteiger charge is 2.31. The summed E-state index contributed by atoms with van der Waals surface area (Å²) >= 11 is 3.58. The first kappa shape index (κ1) is 12.4. The number of hydrogen-bond donors (Lipinski definition) is 0. The summed E-state index contributed by atoms with van der Waals surface area (Å²) in [4.78, 5) is 14.6. The number of carbonyl (C=O) groups is 1. The van der Waals surface area contributed by atoms with Crippen molar-refractivity contribution in [1.82, 2.24) is 4.90 Å². The van der Waals surface area contributed by atoms with E-state index in [9.17, 15) is 4.79 Å². The highest BCUT2D eigenvalue weighted by molar-refractivity contribution is 9.09. The van der Waals surface area contributed by atoms with E-state index in [1.54, 1.807) is 0 Å². The van der Waals surface area contributed by atoms with Crippen LogP contribution in [0.3, 0.4) is 0 Å². The van der Waals surface area contributed by atoms with E-state index in [0.717, 1.165) is 32.4 Å². The van der Waals surface area contributed by atoms with Crippen molar-refractivity contribution in [2.45, 2.75) is 43.0 Å². The van der Waals surface area contributed by atoms with Crippen LogP contribution < -0.4 is 0 Å². The van der Waals surface area contributed by atoms with E-state index >= 15 is 0 Å². The summed E-state index contributed by atoms with van der Waals surface area (Å²) in [6.45, 7) is 1.64. The van der Waals surface area contributed by atoms with Crippen LogP contribution in [0.1, 0.15) is 32.1 Å². The Morgan fingerprint density at radius 1 is 1.44 bits per heavy atom. The van der Waals surface area contributed by atoms with E-state index in [2.05, 4.69) is 15.9 Å². The smallest absolute Gasteiger partial charge is 0.251 e. The van der Waals surface area contributed by atoms with Crippen LogP contribution in [0.15, 0.2) is 0 Å². The fourth-order valence-corrected chi connectivity index (χ4v) is 3.52. The van der Waals surface area contributed by atoms with Gasteiger partial charge in [0.25, 0.3) is 5.91 Å². The number of nitrogens with zero attached hydrogens (tertiary/aromatic N) is 1. The lowest BCUT2D eigenvalue weighted by molar-refractivity contribution is -0.146. The second-order valence-electron chi connectivity index (χ2n) is 5.01. The molecule has 1 amide bonds. The number of hydrogen-bond acceptors (Lipinski definition) is 2. The van der Waals surface area contributed by atoms with Gasteiger partial charge < -0.3 is 9.64 Å². The van der Waals surface area contributed by atoms with Crippen molar-refractivity contribution in [2.24, 2.45) is 5.92 Å². The van der Waals surface area contributed by atoms with Gasteiger partial charge in [0.1, 0.15) is 6.10 Å². The Bertz CT molecular complexity index is 247. The third kappa shape index (κ3) is 2.98. The average Bonchev–Trinajstić information content (AvgIpc) is 2.27. The summed E-state index contributed by atoms with van der Waals surface area (Å²) in [5.41, 5.74) is 0. The quantitative estimate of drug-likeness (QED) is 0.746. The van der Waals surface area contributed by atoms with Crippen LogP contribution in [0.25, 0.3) is 0 Å². The first-order valence-electron chi connectivity index (χ1n) is 6.17. The molecule has 0 aromatic rings. The minimum atomic E-state index is -0.168. The molecule has 1 saturated heterocycles. The van der Waals surface area contributed by atoms with Gasteiger partial charge in [0.2, 0.25) is 0 Å². The molecule has 1 saturated carbocycles. The van der Waals surface area contributed by atoms with Gasteiger partial charge in [-0.15, -0.1) is 0 Å². The molecule has 0 aromatic heterocycles. The maximum Gasteiger partial charge on any atom is 0.251 e. The maximum absolute atomic E-state index is 12.0. The van der Waals surface area contributed by atoms with Crippen molar-refractivity contribution in [2.75, 3.05) is 20.2 Å². The van der Waals surface area contributed by atoms with Gasteiger partial charge >= 0.3 is 0 Å². The van der Waals surface area contributed by atoms with Crippen molar-refractivity contribution in [3.8, 4) is 0 Å². The normalized spacial score (nSPS) is 34.2. The molecule has 0 radical (unpaired) electrons. The van der Waals surface area contributed by atoms with Crippen LogP contribution >= 0.6 is 15.9 Å². The maximum atomic E-state index is 12.0. The van der Waals surface area contributed by atoms with Gasteiger partial charge in [-0.05, 0) is 38.0 Å². The predicted molar refractivity (Wildman–Crippen MR) is 66.7 cm³/mol. The number of alkyl halides is 1. The molecule has 1 aliphatic heterocycles.